The van der Waals surface area contributed by atoms with Crippen LogP contribution in [0.5, 0.6) is 0 Å². The number of rotatable bonds is 5. The molecule has 4 rings (SSSR count). The van der Waals surface area contributed by atoms with E-state index in [-0.39, 0.29) is 11.2 Å². The first-order chi connectivity index (χ1) is 14.1. The summed E-state index contributed by atoms with van der Waals surface area (Å²) < 4.78 is 30.4. The van der Waals surface area contributed by atoms with Gasteiger partial charge in [0.15, 0.2) is 5.78 Å². The Morgan fingerprint density at radius 1 is 1.23 bits per heavy atom. The Morgan fingerprint density at radius 2 is 2.00 bits per heavy atom. The van der Waals surface area contributed by atoms with Crippen LogP contribution in [-0.4, -0.2) is 58.2 Å². The van der Waals surface area contributed by atoms with Crippen LogP contribution in [0.15, 0.2) is 24.4 Å². The Bertz CT molecular complexity index is 1060. The first-order valence-corrected chi connectivity index (χ1v) is 11.7. The largest absolute Gasteiger partial charge is 0.294 e. The highest BCUT2D eigenvalue weighted by molar-refractivity contribution is 7.86. The molecule has 1 atom stereocenters. The minimum atomic E-state index is -3.60. The van der Waals surface area contributed by atoms with Crippen molar-refractivity contribution in [2.75, 3.05) is 20.6 Å². The summed E-state index contributed by atoms with van der Waals surface area (Å²) in [6.07, 6.45) is 4.32. The predicted octanol–water partition coefficient (Wildman–Crippen LogP) is 2.42. The van der Waals surface area contributed by atoms with Gasteiger partial charge in [-0.15, -0.1) is 0 Å². The third kappa shape index (κ3) is 3.70. The van der Waals surface area contributed by atoms with E-state index in [4.69, 9.17) is 5.10 Å². The summed E-state index contributed by atoms with van der Waals surface area (Å²) in [4.78, 5) is 17.6. The standard InChI is InChI=1S/C21H29N5O3S/c1-21(2)12-17-19(18(27)13-21)20(23-25(17)14-15-8-5-6-10-22-15)16-9-7-11-26(16)30(28,29)24(3)4/h5-6,8,10,16H,7,9,11-14H2,1-4H3/t16-/m1/s1. The van der Waals surface area contributed by atoms with Gasteiger partial charge in [-0.1, -0.05) is 19.9 Å². The van der Waals surface area contributed by atoms with Crippen LogP contribution in [0.25, 0.3) is 0 Å². The Hall–Kier alpha value is -2.10. The first kappa shape index (κ1) is 21.1. The Morgan fingerprint density at radius 3 is 2.67 bits per heavy atom. The molecular formula is C21H29N5O3S. The van der Waals surface area contributed by atoms with Gasteiger partial charge >= 0.3 is 0 Å². The number of pyridine rings is 1. The van der Waals surface area contributed by atoms with Crippen LogP contribution in [0.1, 0.15) is 66.6 Å². The van der Waals surface area contributed by atoms with Crippen molar-refractivity contribution in [2.24, 2.45) is 5.41 Å². The lowest BCUT2D eigenvalue weighted by atomic mass is 9.75. The fourth-order valence-electron chi connectivity index (χ4n) is 4.55. The van der Waals surface area contributed by atoms with Crippen molar-refractivity contribution in [3.63, 3.8) is 0 Å². The molecule has 30 heavy (non-hydrogen) atoms. The predicted molar refractivity (Wildman–Crippen MR) is 113 cm³/mol. The molecule has 2 aromatic rings. The zero-order valence-electron chi connectivity index (χ0n) is 18.0. The van der Waals surface area contributed by atoms with E-state index in [2.05, 4.69) is 18.8 Å². The third-order valence-electron chi connectivity index (χ3n) is 5.96. The monoisotopic (exact) mass is 431 g/mol. The minimum Gasteiger partial charge on any atom is -0.294 e. The molecule has 0 radical (unpaired) electrons. The van der Waals surface area contributed by atoms with E-state index in [0.717, 1.165) is 24.2 Å². The summed E-state index contributed by atoms with van der Waals surface area (Å²) in [7, 11) is -0.526. The lowest BCUT2D eigenvalue weighted by molar-refractivity contribution is 0.0907. The van der Waals surface area contributed by atoms with E-state index in [1.807, 2.05) is 22.9 Å². The zero-order chi connectivity index (χ0) is 21.7. The molecule has 1 aliphatic carbocycles. The number of Topliss-reactive ketones (excluding diaryl/α,β-unsaturated/α-hetero) is 1. The molecule has 1 fully saturated rings. The molecule has 2 aliphatic rings. The molecule has 0 bridgehead atoms. The van der Waals surface area contributed by atoms with Crippen LogP contribution in [0, 0.1) is 5.41 Å². The molecule has 162 valence electrons. The molecule has 0 spiro atoms. The van der Waals surface area contributed by atoms with Crippen LogP contribution < -0.4 is 0 Å². The summed E-state index contributed by atoms with van der Waals surface area (Å²) in [6.45, 7) is 5.07. The van der Waals surface area contributed by atoms with E-state index in [9.17, 15) is 13.2 Å². The highest BCUT2D eigenvalue weighted by Crippen LogP contribution is 2.42. The van der Waals surface area contributed by atoms with Gasteiger partial charge in [-0.05, 0) is 36.8 Å². The number of hydrogen-bond acceptors (Lipinski definition) is 5. The highest BCUT2D eigenvalue weighted by atomic mass is 32.2. The topological polar surface area (TPSA) is 88.4 Å². The summed E-state index contributed by atoms with van der Waals surface area (Å²) in [5, 5.41) is 4.84. The van der Waals surface area contributed by atoms with Crippen LogP contribution >= 0.6 is 0 Å². The number of carbonyl (C=O) groups is 1. The lowest BCUT2D eigenvalue weighted by Crippen LogP contribution is -2.40. The first-order valence-electron chi connectivity index (χ1n) is 10.3. The van der Waals surface area contributed by atoms with Crippen molar-refractivity contribution in [2.45, 2.75) is 52.1 Å². The average molecular weight is 432 g/mol. The van der Waals surface area contributed by atoms with Gasteiger partial charge in [-0.25, -0.2) is 0 Å². The normalized spacial score (nSPS) is 21.9. The molecule has 2 aromatic heterocycles. The summed E-state index contributed by atoms with van der Waals surface area (Å²) >= 11 is 0. The third-order valence-corrected chi connectivity index (χ3v) is 7.92. The zero-order valence-corrected chi connectivity index (χ0v) is 18.8. The molecule has 1 saturated heterocycles. The van der Waals surface area contributed by atoms with Crippen LogP contribution in [0.3, 0.4) is 0 Å². The van der Waals surface area contributed by atoms with Gasteiger partial charge in [0.25, 0.3) is 10.2 Å². The number of ketones is 1. The van der Waals surface area contributed by atoms with Gasteiger partial charge < -0.3 is 0 Å². The maximum Gasteiger partial charge on any atom is 0.282 e. The van der Waals surface area contributed by atoms with E-state index < -0.39 is 16.3 Å². The van der Waals surface area contributed by atoms with E-state index >= 15 is 0 Å². The molecule has 1 aliphatic heterocycles. The smallest absolute Gasteiger partial charge is 0.282 e. The number of carbonyl (C=O) groups excluding carboxylic acids is 1. The van der Waals surface area contributed by atoms with Crippen molar-refractivity contribution in [1.29, 1.82) is 0 Å². The van der Waals surface area contributed by atoms with Crippen LogP contribution in [0.4, 0.5) is 0 Å². The van der Waals surface area contributed by atoms with Crippen LogP contribution in [-0.2, 0) is 23.2 Å². The Kier molecular flexibility index (Phi) is 5.32. The number of aromatic nitrogens is 3. The fourth-order valence-corrected chi connectivity index (χ4v) is 5.85. The highest BCUT2D eigenvalue weighted by Gasteiger charge is 2.43. The number of fused-ring (bicyclic) bond motifs is 1. The molecule has 9 heteroatoms. The second kappa shape index (κ2) is 7.55. The SMILES string of the molecule is CN(C)S(=O)(=O)N1CCC[C@@H]1c1nn(Cc2ccccn2)c2c1C(=O)CC(C)(C)C2. The summed E-state index contributed by atoms with van der Waals surface area (Å²) in [5.74, 6) is 0.0534. The molecule has 3 heterocycles. The molecule has 0 unspecified atom stereocenters. The quantitative estimate of drug-likeness (QED) is 0.725. The molecular weight excluding hydrogens is 402 g/mol. The summed E-state index contributed by atoms with van der Waals surface area (Å²) in [5.41, 5.74) is 2.81. The molecule has 0 saturated carbocycles. The van der Waals surface area contributed by atoms with Gasteiger partial charge in [-0.2, -0.15) is 22.1 Å². The van der Waals surface area contributed by atoms with Gasteiger partial charge in [0.05, 0.1) is 35.2 Å². The fraction of sp³-hybridized carbons (Fsp3) is 0.571. The van der Waals surface area contributed by atoms with Crippen molar-refractivity contribution in [3.8, 4) is 0 Å². The van der Waals surface area contributed by atoms with E-state index in [1.165, 1.54) is 22.7 Å². The summed E-state index contributed by atoms with van der Waals surface area (Å²) in [6, 6.07) is 5.31. The molecule has 0 amide bonds. The second-order valence-corrected chi connectivity index (χ2v) is 11.3. The van der Waals surface area contributed by atoms with Gasteiger partial charge in [-0.3, -0.25) is 14.5 Å². The Labute approximate surface area is 178 Å². The molecule has 8 nitrogen and oxygen atoms in total. The van der Waals surface area contributed by atoms with E-state index in [1.54, 1.807) is 6.20 Å². The molecule has 0 N–H and O–H groups in total. The van der Waals surface area contributed by atoms with Gasteiger partial charge in [0.2, 0.25) is 0 Å². The van der Waals surface area contributed by atoms with Crippen molar-refractivity contribution >= 4 is 16.0 Å². The average Bonchev–Trinajstić information content (AvgIpc) is 3.27. The van der Waals surface area contributed by atoms with Gasteiger partial charge in [0, 0.05) is 33.3 Å². The second-order valence-electron chi connectivity index (χ2n) is 9.19. The Balaban J connectivity index is 1.82. The lowest BCUT2D eigenvalue weighted by Gasteiger charge is -2.30. The van der Waals surface area contributed by atoms with Gasteiger partial charge in [0.1, 0.15) is 0 Å². The van der Waals surface area contributed by atoms with Crippen molar-refractivity contribution < 1.29 is 13.2 Å². The maximum absolute atomic E-state index is 13.2. The van der Waals surface area contributed by atoms with Crippen LogP contribution in [0.2, 0.25) is 0 Å². The maximum atomic E-state index is 13.2. The minimum absolute atomic E-state index is 0.0534. The van der Waals surface area contributed by atoms with E-state index in [0.29, 0.717) is 37.2 Å². The number of nitrogens with zero attached hydrogens (tertiary/aromatic N) is 5. The van der Waals surface area contributed by atoms with Crippen molar-refractivity contribution in [1.82, 2.24) is 23.4 Å². The molecule has 0 aromatic carbocycles. The van der Waals surface area contributed by atoms with Crippen molar-refractivity contribution in [3.05, 3.63) is 47.0 Å². The number of hydrogen-bond donors (Lipinski definition) is 0.